The minimum atomic E-state index is -0.0901. The van der Waals surface area contributed by atoms with Crippen LogP contribution in [0.15, 0.2) is 12.3 Å². The van der Waals surface area contributed by atoms with Crippen LogP contribution in [-0.4, -0.2) is 27.3 Å². The Hall–Kier alpha value is -0.550. The van der Waals surface area contributed by atoms with Gasteiger partial charge in [-0.3, -0.25) is 4.79 Å². The van der Waals surface area contributed by atoms with E-state index < -0.39 is 0 Å². The van der Waals surface area contributed by atoms with Gasteiger partial charge in [-0.15, -0.1) is 0 Å². The number of hydrogen-bond acceptors (Lipinski definition) is 3. The minimum Gasteiger partial charge on any atom is -0.469 e. The van der Waals surface area contributed by atoms with Crippen molar-refractivity contribution in [1.29, 1.82) is 0 Å². The van der Waals surface area contributed by atoms with E-state index in [1.165, 1.54) is 0 Å². The van der Waals surface area contributed by atoms with Crippen LogP contribution in [0, 0.1) is 0 Å². The predicted octanol–water partition coefficient (Wildman–Crippen LogP) is 0.714. The third-order valence-electron chi connectivity index (χ3n) is 2.08. The van der Waals surface area contributed by atoms with Gasteiger partial charge in [0, 0.05) is 6.20 Å². The molecule has 2 aliphatic rings. The average molecular weight is 201 g/mol. The van der Waals surface area contributed by atoms with Crippen molar-refractivity contribution in [3.8, 4) is 0 Å². The Morgan fingerprint density at radius 2 is 2.58 bits per heavy atom. The van der Waals surface area contributed by atoms with Gasteiger partial charge in [0.15, 0.2) is 0 Å². The number of amides is 1. The van der Waals surface area contributed by atoms with Crippen LogP contribution in [0.25, 0.3) is 0 Å². The molecule has 12 heavy (non-hydrogen) atoms. The van der Waals surface area contributed by atoms with Crippen LogP contribution >= 0.6 is 24.8 Å². The predicted molar refractivity (Wildman–Crippen MR) is 50.8 cm³/mol. The first-order valence-corrected chi connectivity index (χ1v) is 4.43. The third kappa shape index (κ3) is 1.13. The van der Waals surface area contributed by atoms with Crippen molar-refractivity contribution >= 4 is 35.1 Å². The van der Waals surface area contributed by atoms with Gasteiger partial charge >= 0.3 is 0 Å². The summed E-state index contributed by atoms with van der Waals surface area (Å²) in [6.45, 7) is 0. The first kappa shape index (κ1) is 8.07. The van der Waals surface area contributed by atoms with Crippen molar-refractivity contribution in [2.45, 2.75) is 18.6 Å². The number of fused-ring (bicyclic) bond motifs is 1. The molecule has 2 atom stereocenters. The Morgan fingerprint density at radius 1 is 1.83 bits per heavy atom. The molecule has 2 rings (SSSR count). The molecule has 2 aliphatic heterocycles. The van der Waals surface area contributed by atoms with Gasteiger partial charge in [-0.2, -0.15) is 0 Å². The lowest BCUT2D eigenvalue weighted by Crippen LogP contribution is -2.51. The molecular weight excluding hydrogens is 194 g/mol. The summed E-state index contributed by atoms with van der Waals surface area (Å²) >= 11 is 8.54. The zero-order valence-electron chi connectivity index (χ0n) is 6.14. The second-order valence-corrected chi connectivity index (χ2v) is 3.84. The largest absolute Gasteiger partial charge is 0.469 e. The highest BCUT2D eigenvalue weighted by Gasteiger charge is 2.44. The summed E-state index contributed by atoms with van der Waals surface area (Å²) in [6.07, 6.45) is 4.03. The summed E-state index contributed by atoms with van der Waals surface area (Å²) < 4.78 is 5.44. The molecule has 2 unspecified atom stereocenters. The fourth-order valence-corrected chi connectivity index (χ4v) is 1.70. The molecule has 2 heterocycles. The Labute approximate surface area is 80.8 Å². The molecule has 0 bridgehead atoms. The van der Waals surface area contributed by atoms with Crippen molar-refractivity contribution < 1.29 is 9.53 Å². The van der Waals surface area contributed by atoms with Gasteiger partial charge in [-0.1, -0.05) is 12.6 Å². The van der Waals surface area contributed by atoms with E-state index in [0.717, 1.165) is 0 Å². The quantitative estimate of drug-likeness (QED) is 0.385. The van der Waals surface area contributed by atoms with Crippen molar-refractivity contribution in [1.82, 2.24) is 4.90 Å². The Bertz CT molecular complexity index is 277. The summed E-state index contributed by atoms with van der Waals surface area (Å²) in [5.74, 6) is 0.146. The van der Waals surface area contributed by atoms with Crippen LogP contribution in [0.2, 0.25) is 0 Å². The average Bonchev–Trinajstić information content (AvgIpc) is 2.26. The Kier molecular flexibility index (Phi) is 1.84. The summed E-state index contributed by atoms with van der Waals surface area (Å²) in [7, 11) is 0. The molecule has 0 aromatic rings. The monoisotopic (exact) mass is 201 g/mol. The minimum absolute atomic E-state index is 0.0901. The first-order chi connectivity index (χ1) is 5.68. The van der Waals surface area contributed by atoms with E-state index in [0.29, 0.717) is 6.42 Å². The number of rotatable bonds is 1. The maximum absolute atomic E-state index is 10.9. The van der Waals surface area contributed by atoms with Crippen LogP contribution in [0.1, 0.15) is 6.42 Å². The van der Waals surface area contributed by atoms with Gasteiger partial charge < -0.3 is 9.64 Å². The van der Waals surface area contributed by atoms with Crippen LogP contribution in [-0.2, 0) is 9.53 Å². The smallest absolute Gasteiger partial charge is 0.229 e. The molecule has 5 heteroatoms. The van der Waals surface area contributed by atoms with Crippen LogP contribution in [0.3, 0.4) is 0 Å². The van der Waals surface area contributed by atoms with Crippen LogP contribution in [0.4, 0.5) is 0 Å². The van der Waals surface area contributed by atoms with Gasteiger partial charge in [-0.05, 0) is 18.3 Å². The number of hydrogen-bond donors (Lipinski definition) is 1. The van der Waals surface area contributed by atoms with E-state index in [1.54, 1.807) is 11.1 Å². The van der Waals surface area contributed by atoms with Crippen molar-refractivity contribution in [2.24, 2.45) is 0 Å². The normalized spacial score (nSPS) is 31.4. The highest BCUT2D eigenvalue weighted by Crippen LogP contribution is 2.30. The SMILES string of the molecule is O=C1CC2C(OC(=S)S)C=CN12. The van der Waals surface area contributed by atoms with Gasteiger partial charge in [-0.25, -0.2) is 0 Å². The van der Waals surface area contributed by atoms with E-state index in [2.05, 4.69) is 24.8 Å². The molecule has 0 aromatic carbocycles. The first-order valence-electron chi connectivity index (χ1n) is 3.57. The van der Waals surface area contributed by atoms with Crippen molar-refractivity contribution in [2.75, 3.05) is 0 Å². The standard InChI is InChI=1S/C7H7NO2S2/c9-6-3-4-5(10-7(11)12)1-2-8(4)6/h1-2,4-5H,3H2,(H,11,12). The highest BCUT2D eigenvalue weighted by atomic mass is 32.1. The Morgan fingerprint density at radius 3 is 3.08 bits per heavy atom. The third-order valence-corrected chi connectivity index (χ3v) is 2.28. The van der Waals surface area contributed by atoms with Gasteiger partial charge in [0.1, 0.15) is 6.10 Å². The molecule has 1 fully saturated rings. The van der Waals surface area contributed by atoms with Crippen molar-refractivity contribution in [3.05, 3.63) is 12.3 Å². The molecule has 0 N–H and O–H groups in total. The lowest BCUT2D eigenvalue weighted by molar-refractivity contribution is -0.142. The van der Waals surface area contributed by atoms with E-state index in [-0.39, 0.29) is 22.4 Å². The number of thiol groups is 1. The van der Waals surface area contributed by atoms with Crippen LogP contribution in [0.5, 0.6) is 0 Å². The maximum Gasteiger partial charge on any atom is 0.229 e. The number of thiocarbonyl (C=S) groups is 1. The van der Waals surface area contributed by atoms with Gasteiger partial charge in [0.05, 0.1) is 12.5 Å². The highest BCUT2D eigenvalue weighted by molar-refractivity contribution is 8.10. The molecule has 0 aliphatic carbocycles. The van der Waals surface area contributed by atoms with E-state index in [9.17, 15) is 4.79 Å². The molecule has 0 spiro atoms. The summed E-state index contributed by atoms with van der Waals surface area (Å²) in [5.41, 5.74) is 0. The summed E-state index contributed by atoms with van der Waals surface area (Å²) in [5, 5.41) is 0. The van der Waals surface area contributed by atoms with E-state index in [4.69, 9.17) is 4.74 Å². The van der Waals surface area contributed by atoms with E-state index in [1.807, 2.05) is 6.08 Å². The lowest BCUT2D eigenvalue weighted by atomic mass is 10.0. The fraction of sp³-hybridized carbons (Fsp3) is 0.429. The number of carbonyl (C=O) groups is 1. The van der Waals surface area contributed by atoms with E-state index >= 15 is 0 Å². The Balaban J connectivity index is 2.00. The second kappa shape index (κ2) is 2.74. The number of ether oxygens (including phenoxy) is 1. The molecule has 64 valence electrons. The van der Waals surface area contributed by atoms with Gasteiger partial charge in [0.2, 0.25) is 10.3 Å². The molecule has 1 amide bonds. The fourth-order valence-electron chi connectivity index (χ4n) is 1.46. The number of β-lactam (4-membered cyclic amide) rings is 1. The summed E-state index contributed by atoms with van der Waals surface area (Å²) in [6, 6.07) is 0.155. The molecular formula is C7H7NO2S2. The number of nitrogens with zero attached hydrogens (tertiary/aromatic N) is 1. The molecule has 0 saturated carbocycles. The topological polar surface area (TPSA) is 29.5 Å². The van der Waals surface area contributed by atoms with Gasteiger partial charge in [0.25, 0.3) is 0 Å². The molecule has 1 saturated heterocycles. The maximum atomic E-state index is 10.9. The second-order valence-electron chi connectivity index (χ2n) is 2.76. The number of carbonyl (C=O) groups excluding carboxylic acids is 1. The lowest BCUT2D eigenvalue weighted by Gasteiger charge is -2.36. The molecule has 3 nitrogen and oxygen atoms in total. The van der Waals surface area contributed by atoms with Crippen molar-refractivity contribution in [3.63, 3.8) is 0 Å². The zero-order chi connectivity index (χ0) is 8.72. The zero-order valence-corrected chi connectivity index (χ0v) is 7.85. The summed E-state index contributed by atoms with van der Waals surface area (Å²) in [4.78, 5) is 12.6. The van der Waals surface area contributed by atoms with Crippen LogP contribution < -0.4 is 0 Å². The molecule has 0 radical (unpaired) electrons. The molecule has 0 aromatic heterocycles.